The highest BCUT2D eigenvalue weighted by molar-refractivity contribution is 14.1. The third kappa shape index (κ3) is 3.70. The summed E-state index contributed by atoms with van der Waals surface area (Å²) in [7, 11) is 1.37. The topological polar surface area (TPSA) is 35.5 Å². The first kappa shape index (κ1) is 13.9. The van der Waals surface area contributed by atoms with E-state index in [-0.39, 0.29) is 5.97 Å². The summed E-state index contributed by atoms with van der Waals surface area (Å²) < 4.78 is 11.0. The van der Waals surface area contributed by atoms with E-state index < -0.39 is 0 Å². The Morgan fingerprint density at radius 1 is 1.21 bits per heavy atom. The van der Waals surface area contributed by atoms with E-state index in [4.69, 9.17) is 4.74 Å². The summed E-state index contributed by atoms with van der Waals surface area (Å²) in [5.74, 6) is 0.744. The predicted molar refractivity (Wildman–Crippen MR) is 81.3 cm³/mol. The summed E-state index contributed by atoms with van der Waals surface area (Å²) >= 11 is 2.27. The van der Waals surface area contributed by atoms with Gasteiger partial charge in [-0.15, -0.1) is 0 Å². The van der Waals surface area contributed by atoms with Crippen LogP contribution in [0.3, 0.4) is 0 Å². The number of halogens is 1. The Kier molecular flexibility index (Phi) is 4.79. The van der Waals surface area contributed by atoms with Gasteiger partial charge in [-0.1, -0.05) is 24.3 Å². The minimum Gasteiger partial charge on any atom is -0.488 e. The quantitative estimate of drug-likeness (QED) is 0.569. The van der Waals surface area contributed by atoms with E-state index in [1.165, 1.54) is 16.2 Å². The van der Waals surface area contributed by atoms with Gasteiger partial charge >= 0.3 is 5.97 Å². The van der Waals surface area contributed by atoms with Crippen molar-refractivity contribution in [3.05, 3.63) is 63.2 Å². The minimum absolute atomic E-state index is 0.291. The first-order valence-electron chi connectivity index (χ1n) is 5.75. The van der Waals surface area contributed by atoms with E-state index in [9.17, 15) is 4.79 Å². The molecule has 0 amide bonds. The zero-order chi connectivity index (χ0) is 13.7. The average molecular weight is 368 g/mol. The highest BCUT2D eigenvalue weighted by Crippen LogP contribution is 2.28. The van der Waals surface area contributed by atoms with Crippen LogP contribution in [0.25, 0.3) is 0 Å². The standard InChI is InChI=1S/C8H8O2.C7H5IO/c1-10-8(9)7-5-3-2-4-6-7;8-6-2-1-5-3-7(6)9-4-5/h2-6H,1H3;1-3H,4H2. The number of benzene rings is 2. The molecule has 19 heavy (non-hydrogen) atoms. The van der Waals surface area contributed by atoms with Crippen LogP contribution in [0.4, 0.5) is 0 Å². The smallest absolute Gasteiger partial charge is 0.337 e. The molecule has 0 unspecified atom stereocenters. The van der Waals surface area contributed by atoms with Crippen LogP contribution in [-0.4, -0.2) is 13.1 Å². The Balaban J connectivity index is 0.000000141. The van der Waals surface area contributed by atoms with Crippen LogP contribution in [0.2, 0.25) is 0 Å². The van der Waals surface area contributed by atoms with Gasteiger partial charge in [-0.2, -0.15) is 0 Å². The van der Waals surface area contributed by atoms with Crippen LogP contribution in [-0.2, 0) is 11.3 Å². The molecule has 3 nitrogen and oxygen atoms in total. The fraction of sp³-hybridized carbons (Fsp3) is 0.133. The number of hydrogen-bond acceptors (Lipinski definition) is 3. The van der Waals surface area contributed by atoms with Crippen LogP contribution in [0.5, 0.6) is 5.75 Å². The molecule has 4 heteroatoms. The van der Waals surface area contributed by atoms with Crippen LogP contribution in [0.15, 0.2) is 48.5 Å². The molecule has 1 aliphatic rings. The second kappa shape index (κ2) is 6.56. The minimum atomic E-state index is -0.291. The maximum absolute atomic E-state index is 10.8. The number of carbonyl (C=O) groups is 1. The van der Waals surface area contributed by atoms with Crippen molar-refractivity contribution in [2.75, 3.05) is 7.11 Å². The Morgan fingerprint density at radius 2 is 1.95 bits per heavy atom. The van der Waals surface area contributed by atoms with Gasteiger partial charge in [0.2, 0.25) is 0 Å². The van der Waals surface area contributed by atoms with Crippen molar-refractivity contribution in [2.45, 2.75) is 6.61 Å². The van der Waals surface area contributed by atoms with Gasteiger partial charge < -0.3 is 9.47 Å². The number of methoxy groups -OCH3 is 1. The van der Waals surface area contributed by atoms with Crippen molar-refractivity contribution in [1.82, 2.24) is 0 Å². The van der Waals surface area contributed by atoms with Gasteiger partial charge in [0.05, 0.1) is 16.2 Å². The summed E-state index contributed by atoms with van der Waals surface area (Å²) in [6.07, 6.45) is 0. The van der Waals surface area contributed by atoms with E-state index in [1.807, 2.05) is 6.07 Å². The molecule has 98 valence electrons. The van der Waals surface area contributed by atoms with Gasteiger partial charge in [-0.05, 0) is 52.4 Å². The van der Waals surface area contributed by atoms with E-state index >= 15 is 0 Å². The molecule has 1 heterocycles. The molecule has 1 aliphatic heterocycles. The second-order valence-electron chi connectivity index (χ2n) is 3.91. The molecule has 0 saturated carbocycles. The molecule has 0 N–H and O–H groups in total. The van der Waals surface area contributed by atoms with E-state index in [2.05, 4.69) is 45.5 Å². The summed E-state index contributed by atoms with van der Waals surface area (Å²) in [6, 6.07) is 15.1. The zero-order valence-corrected chi connectivity index (χ0v) is 12.6. The lowest BCUT2D eigenvalue weighted by Crippen LogP contribution is -1.99. The van der Waals surface area contributed by atoms with Crippen LogP contribution < -0.4 is 4.74 Å². The Hall–Kier alpha value is -1.56. The lowest BCUT2D eigenvalue weighted by molar-refractivity contribution is 0.0600. The van der Waals surface area contributed by atoms with Gasteiger partial charge in [0.25, 0.3) is 0 Å². The average Bonchev–Trinajstić information content (AvgIpc) is 2.88. The number of carbonyl (C=O) groups excluding carboxylic acids is 1. The van der Waals surface area contributed by atoms with Crippen molar-refractivity contribution in [3.8, 4) is 5.75 Å². The van der Waals surface area contributed by atoms with Crippen molar-refractivity contribution in [3.63, 3.8) is 0 Å². The van der Waals surface area contributed by atoms with E-state index in [0.717, 1.165) is 12.4 Å². The lowest BCUT2D eigenvalue weighted by atomic mass is 10.2. The molecule has 2 aromatic carbocycles. The van der Waals surface area contributed by atoms with Gasteiger partial charge in [-0.3, -0.25) is 0 Å². The third-order valence-electron chi connectivity index (χ3n) is 2.58. The molecule has 0 saturated heterocycles. The number of fused-ring (bicyclic) bond motifs is 2. The van der Waals surface area contributed by atoms with Gasteiger partial charge in [0, 0.05) is 0 Å². The Morgan fingerprint density at radius 3 is 2.58 bits per heavy atom. The van der Waals surface area contributed by atoms with E-state index in [1.54, 1.807) is 24.3 Å². The monoisotopic (exact) mass is 368 g/mol. The maximum Gasteiger partial charge on any atom is 0.337 e. The number of hydrogen-bond donors (Lipinski definition) is 0. The van der Waals surface area contributed by atoms with Crippen LogP contribution in [0.1, 0.15) is 15.9 Å². The SMILES string of the molecule is COC(=O)c1ccccc1.Ic1ccc2cc1OC2. The Labute approximate surface area is 125 Å². The molecule has 3 rings (SSSR count). The fourth-order valence-electron chi connectivity index (χ4n) is 1.60. The van der Waals surface area contributed by atoms with Crippen molar-refractivity contribution in [2.24, 2.45) is 0 Å². The third-order valence-corrected chi connectivity index (χ3v) is 3.48. The first-order chi connectivity index (χ1) is 9.20. The zero-order valence-electron chi connectivity index (χ0n) is 10.4. The number of rotatable bonds is 1. The van der Waals surface area contributed by atoms with Crippen molar-refractivity contribution >= 4 is 28.6 Å². The van der Waals surface area contributed by atoms with Gasteiger partial charge in [0.1, 0.15) is 12.4 Å². The number of esters is 1. The summed E-state index contributed by atoms with van der Waals surface area (Å²) in [5, 5.41) is 0. The lowest BCUT2D eigenvalue weighted by Gasteiger charge is -1.95. The maximum atomic E-state index is 10.8. The summed E-state index contributed by atoms with van der Waals surface area (Å²) in [6.45, 7) is 0.762. The molecular weight excluding hydrogens is 355 g/mol. The Bertz CT molecular complexity index is 567. The summed E-state index contributed by atoms with van der Waals surface area (Å²) in [4.78, 5) is 10.8. The molecule has 0 aromatic heterocycles. The van der Waals surface area contributed by atoms with Gasteiger partial charge in [-0.25, -0.2) is 4.79 Å². The van der Waals surface area contributed by atoms with Crippen LogP contribution >= 0.6 is 22.6 Å². The van der Waals surface area contributed by atoms with Crippen molar-refractivity contribution in [1.29, 1.82) is 0 Å². The number of ether oxygens (including phenoxy) is 2. The molecule has 0 spiro atoms. The highest BCUT2D eigenvalue weighted by atomic mass is 127. The first-order valence-corrected chi connectivity index (χ1v) is 6.83. The fourth-order valence-corrected chi connectivity index (χ4v) is 2.09. The molecule has 2 bridgehead atoms. The van der Waals surface area contributed by atoms with Crippen LogP contribution in [0, 0.1) is 3.57 Å². The molecule has 0 atom stereocenters. The molecule has 0 aliphatic carbocycles. The molecule has 0 fully saturated rings. The predicted octanol–water partition coefficient (Wildman–Crippen LogP) is 3.66. The molecule has 0 radical (unpaired) electrons. The van der Waals surface area contributed by atoms with Gasteiger partial charge in [0.15, 0.2) is 0 Å². The summed E-state index contributed by atoms with van der Waals surface area (Å²) in [5.41, 5.74) is 1.87. The molecular formula is C15H13IO3. The largest absolute Gasteiger partial charge is 0.488 e. The normalized spacial score (nSPS) is 11.1. The van der Waals surface area contributed by atoms with E-state index in [0.29, 0.717) is 5.56 Å². The van der Waals surface area contributed by atoms with Crippen molar-refractivity contribution < 1.29 is 14.3 Å². The molecule has 2 aromatic rings. The highest BCUT2D eigenvalue weighted by Gasteiger charge is 2.09. The second-order valence-corrected chi connectivity index (χ2v) is 5.07.